The molecule has 0 aliphatic rings. The van der Waals surface area contributed by atoms with Crippen LogP contribution < -0.4 is 0 Å². The third kappa shape index (κ3) is 5.56. The summed E-state index contributed by atoms with van der Waals surface area (Å²) in [5, 5.41) is 2.23. The maximum atomic E-state index is 5.29. The minimum Gasteiger partial charge on any atom is -0.228 e. The van der Waals surface area contributed by atoms with Crippen LogP contribution in [0.3, 0.4) is 0 Å². The first-order chi connectivity index (χ1) is 24.3. The minimum atomic E-state index is 0.692. The molecule has 230 valence electrons. The number of fused-ring (bicyclic) bond motifs is 3. The molecule has 0 atom stereocenters. The van der Waals surface area contributed by atoms with Crippen molar-refractivity contribution < 1.29 is 0 Å². The summed E-state index contributed by atoms with van der Waals surface area (Å²) in [7, 11) is 0. The molecule has 5 heteroatoms. The van der Waals surface area contributed by atoms with E-state index in [0.29, 0.717) is 11.6 Å². The van der Waals surface area contributed by atoms with Gasteiger partial charge in [0.1, 0.15) is 4.83 Å². The van der Waals surface area contributed by atoms with Gasteiger partial charge in [-0.1, -0.05) is 152 Å². The van der Waals surface area contributed by atoms with E-state index in [1.54, 1.807) is 11.3 Å². The molecule has 6 aromatic carbocycles. The molecule has 9 rings (SSSR count). The summed E-state index contributed by atoms with van der Waals surface area (Å²) in [4.78, 5) is 21.5. The molecule has 0 bridgehead atoms. The highest BCUT2D eigenvalue weighted by Gasteiger charge is 2.18. The lowest BCUT2D eigenvalue weighted by Crippen LogP contribution is -1.97. The second kappa shape index (κ2) is 12.4. The first-order valence-corrected chi connectivity index (χ1v) is 17.0. The Morgan fingerprint density at radius 3 is 1.59 bits per heavy atom. The molecule has 0 fully saturated rings. The molecule has 4 nitrogen and oxygen atoms in total. The molecule has 0 saturated carbocycles. The summed E-state index contributed by atoms with van der Waals surface area (Å²) in [5.74, 6) is 1.40. The van der Waals surface area contributed by atoms with E-state index >= 15 is 0 Å². The molecule has 3 heterocycles. The molecule has 9 aromatic rings. The van der Waals surface area contributed by atoms with E-state index in [1.807, 2.05) is 42.5 Å². The Labute approximate surface area is 288 Å². The van der Waals surface area contributed by atoms with Crippen LogP contribution in [0, 0.1) is 0 Å². The maximum absolute atomic E-state index is 5.29. The van der Waals surface area contributed by atoms with Gasteiger partial charge >= 0.3 is 0 Å². The van der Waals surface area contributed by atoms with Gasteiger partial charge in [0.05, 0.1) is 17.1 Å². The quantitative estimate of drug-likeness (QED) is 0.181. The first-order valence-electron chi connectivity index (χ1n) is 16.2. The second-order valence-electron chi connectivity index (χ2n) is 11.9. The van der Waals surface area contributed by atoms with Gasteiger partial charge in [-0.2, -0.15) is 0 Å². The van der Waals surface area contributed by atoms with Crippen molar-refractivity contribution in [3.8, 4) is 67.7 Å². The third-order valence-electron chi connectivity index (χ3n) is 8.75. The normalized spacial score (nSPS) is 11.3. The van der Waals surface area contributed by atoms with E-state index in [2.05, 4.69) is 127 Å². The summed E-state index contributed by atoms with van der Waals surface area (Å²) in [6.45, 7) is 0. The van der Waals surface area contributed by atoms with Crippen LogP contribution >= 0.6 is 11.3 Å². The Hall–Kier alpha value is -6.30. The first kappa shape index (κ1) is 28.9. The van der Waals surface area contributed by atoms with Crippen molar-refractivity contribution in [1.29, 1.82) is 0 Å². The summed E-state index contributed by atoms with van der Waals surface area (Å²) < 4.78 is 1.19. The van der Waals surface area contributed by atoms with Crippen molar-refractivity contribution in [3.05, 3.63) is 170 Å². The number of hydrogen-bond donors (Lipinski definition) is 0. The molecule has 3 aromatic heterocycles. The van der Waals surface area contributed by atoms with Gasteiger partial charge in [-0.25, -0.2) is 19.9 Å². The number of hydrogen-bond acceptors (Lipinski definition) is 5. The Morgan fingerprint density at radius 2 is 0.857 bits per heavy atom. The van der Waals surface area contributed by atoms with Gasteiger partial charge in [0.25, 0.3) is 0 Å². The summed E-state index contributed by atoms with van der Waals surface area (Å²) in [6.07, 6.45) is 0. The topological polar surface area (TPSA) is 51.6 Å². The van der Waals surface area contributed by atoms with Gasteiger partial charge in [0.2, 0.25) is 0 Å². The Kier molecular flexibility index (Phi) is 7.30. The summed E-state index contributed by atoms with van der Waals surface area (Å²) in [5.41, 5.74) is 9.99. The lowest BCUT2D eigenvalue weighted by molar-refractivity contribution is 1.18. The summed E-state index contributed by atoms with van der Waals surface area (Å²) >= 11 is 1.71. The van der Waals surface area contributed by atoms with Crippen molar-refractivity contribution >= 4 is 31.6 Å². The van der Waals surface area contributed by atoms with Crippen LogP contribution in [0.15, 0.2) is 170 Å². The largest absolute Gasteiger partial charge is 0.228 e. The second-order valence-corrected chi connectivity index (χ2v) is 12.9. The van der Waals surface area contributed by atoms with E-state index in [0.717, 1.165) is 66.1 Å². The van der Waals surface area contributed by atoms with Crippen LogP contribution in [0.5, 0.6) is 0 Å². The van der Waals surface area contributed by atoms with E-state index in [9.17, 15) is 0 Å². The number of thiophene rings is 1. The van der Waals surface area contributed by atoms with Gasteiger partial charge in [-0.3, -0.25) is 0 Å². The van der Waals surface area contributed by atoms with Crippen LogP contribution in [0.1, 0.15) is 0 Å². The molecule has 0 aliphatic carbocycles. The van der Waals surface area contributed by atoms with Crippen LogP contribution in [-0.4, -0.2) is 19.9 Å². The lowest BCUT2D eigenvalue weighted by Gasteiger charge is -2.12. The molecule has 0 aliphatic heterocycles. The highest BCUT2D eigenvalue weighted by molar-refractivity contribution is 7.25. The number of nitrogens with zero attached hydrogens (tertiary/aromatic N) is 4. The van der Waals surface area contributed by atoms with Gasteiger partial charge in [-0.15, -0.1) is 11.3 Å². The van der Waals surface area contributed by atoms with Gasteiger partial charge in [0, 0.05) is 43.3 Å². The predicted molar refractivity (Wildman–Crippen MR) is 203 cm³/mol. The monoisotopic (exact) mass is 644 g/mol. The van der Waals surface area contributed by atoms with E-state index < -0.39 is 0 Å². The van der Waals surface area contributed by atoms with Crippen LogP contribution in [0.2, 0.25) is 0 Å². The Morgan fingerprint density at radius 1 is 0.347 bits per heavy atom. The van der Waals surface area contributed by atoms with Crippen molar-refractivity contribution in [2.75, 3.05) is 0 Å². The van der Waals surface area contributed by atoms with Crippen molar-refractivity contribution in [2.24, 2.45) is 0 Å². The fraction of sp³-hybridized carbons (Fsp3) is 0. The average molecular weight is 645 g/mol. The molecule has 49 heavy (non-hydrogen) atoms. The minimum absolute atomic E-state index is 0.692. The molecule has 0 amide bonds. The molecule has 0 unspecified atom stereocenters. The lowest BCUT2D eigenvalue weighted by atomic mass is 10.0. The molecule has 0 radical (unpaired) electrons. The van der Waals surface area contributed by atoms with Crippen molar-refractivity contribution in [3.63, 3.8) is 0 Å². The molecule has 0 saturated heterocycles. The fourth-order valence-corrected chi connectivity index (χ4v) is 7.37. The Balaban J connectivity index is 1.21. The van der Waals surface area contributed by atoms with Crippen molar-refractivity contribution in [1.82, 2.24) is 19.9 Å². The van der Waals surface area contributed by atoms with E-state index in [1.165, 1.54) is 10.3 Å². The molecule has 0 N–H and O–H groups in total. The van der Waals surface area contributed by atoms with Gasteiger partial charge in [-0.05, 0) is 29.3 Å². The number of aromatic nitrogens is 4. The number of benzene rings is 6. The number of rotatable bonds is 6. The van der Waals surface area contributed by atoms with Crippen molar-refractivity contribution in [2.45, 2.75) is 0 Å². The Bertz CT molecular complexity index is 2520. The van der Waals surface area contributed by atoms with E-state index in [-0.39, 0.29) is 0 Å². The van der Waals surface area contributed by atoms with E-state index in [4.69, 9.17) is 19.9 Å². The van der Waals surface area contributed by atoms with Crippen LogP contribution in [0.25, 0.3) is 88.0 Å². The van der Waals surface area contributed by atoms with Crippen LogP contribution in [-0.2, 0) is 0 Å². The predicted octanol–water partition coefficient (Wildman–Crippen LogP) is 11.6. The zero-order valence-corrected chi connectivity index (χ0v) is 27.2. The smallest absolute Gasteiger partial charge is 0.161 e. The zero-order chi connectivity index (χ0) is 32.6. The SMILES string of the molecule is c1ccc(-c2ccc(-c3nc(-c4cccc(-c5cc(-c6ccccc6)nc(-c6ccccc6)n5)c4)c4c(n3)sc3ccccc34)cc2)cc1. The molecular weight excluding hydrogens is 617 g/mol. The average Bonchev–Trinajstić information content (AvgIpc) is 3.57. The molecule has 0 spiro atoms. The maximum Gasteiger partial charge on any atom is 0.161 e. The third-order valence-corrected chi connectivity index (χ3v) is 9.81. The zero-order valence-electron chi connectivity index (χ0n) is 26.4. The summed E-state index contributed by atoms with van der Waals surface area (Å²) in [6, 6.07) is 58.5. The molecular formula is C44H28N4S. The highest BCUT2D eigenvalue weighted by atomic mass is 32.1. The standard InChI is InChI=1S/C44H28N4S/c1-4-13-29(14-5-1)30-23-25-33(26-24-30)43-47-41(40-36-21-10-11-22-39(36)49-44(40)48-43)35-20-12-19-34(27-35)38-28-37(31-15-6-2-7-16-31)45-42(46-38)32-17-8-3-9-18-32/h1-28H. The van der Waals surface area contributed by atoms with Gasteiger partial charge in [0.15, 0.2) is 11.6 Å². The fourth-order valence-electron chi connectivity index (χ4n) is 6.30. The van der Waals surface area contributed by atoms with Gasteiger partial charge < -0.3 is 0 Å². The van der Waals surface area contributed by atoms with Crippen LogP contribution in [0.4, 0.5) is 0 Å². The highest BCUT2D eigenvalue weighted by Crippen LogP contribution is 2.40.